The lowest BCUT2D eigenvalue weighted by atomic mass is 10.3. The van der Waals surface area contributed by atoms with Crippen molar-refractivity contribution in [1.82, 2.24) is 10.3 Å². The van der Waals surface area contributed by atoms with Crippen molar-refractivity contribution in [2.24, 2.45) is 0 Å². The molecular formula is C11H10Br2N2S. The van der Waals surface area contributed by atoms with Gasteiger partial charge in [0.1, 0.15) is 0 Å². The molecule has 2 nitrogen and oxygen atoms in total. The van der Waals surface area contributed by atoms with Crippen molar-refractivity contribution in [3.05, 3.63) is 49.3 Å². The van der Waals surface area contributed by atoms with Crippen LogP contribution in [0.5, 0.6) is 0 Å². The number of hydrogen-bond donors (Lipinski definition) is 1. The molecule has 2 aromatic heterocycles. The molecule has 16 heavy (non-hydrogen) atoms. The first-order valence-electron chi connectivity index (χ1n) is 4.77. The summed E-state index contributed by atoms with van der Waals surface area (Å²) < 4.78 is 2.17. The van der Waals surface area contributed by atoms with Crippen molar-refractivity contribution in [2.45, 2.75) is 13.1 Å². The van der Waals surface area contributed by atoms with E-state index in [-0.39, 0.29) is 0 Å². The zero-order chi connectivity index (χ0) is 11.4. The molecule has 5 heteroatoms. The van der Waals surface area contributed by atoms with Crippen LogP contribution in [0.15, 0.2) is 38.9 Å². The Bertz CT molecular complexity index is 471. The van der Waals surface area contributed by atoms with Gasteiger partial charge >= 0.3 is 0 Å². The van der Waals surface area contributed by atoms with Crippen molar-refractivity contribution >= 4 is 43.2 Å². The molecule has 0 aliphatic rings. The van der Waals surface area contributed by atoms with Gasteiger partial charge in [0.05, 0.1) is 0 Å². The summed E-state index contributed by atoms with van der Waals surface area (Å²) in [7, 11) is 0. The minimum atomic E-state index is 0.835. The molecule has 0 atom stereocenters. The highest BCUT2D eigenvalue weighted by Crippen LogP contribution is 2.19. The van der Waals surface area contributed by atoms with Gasteiger partial charge in [0.25, 0.3) is 0 Å². The summed E-state index contributed by atoms with van der Waals surface area (Å²) in [5.74, 6) is 0. The molecule has 0 spiro atoms. The Balaban J connectivity index is 1.84. The predicted octanol–water partition coefficient (Wildman–Crippen LogP) is 3.96. The van der Waals surface area contributed by atoms with Crippen LogP contribution >= 0.6 is 43.2 Å². The van der Waals surface area contributed by atoms with Gasteiger partial charge in [-0.05, 0) is 49.6 Å². The Morgan fingerprint density at radius 2 is 2.00 bits per heavy atom. The number of nitrogens with one attached hydrogen (secondary N) is 1. The molecule has 2 heterocycles. The third kappa shape index (κ3) is 3.66. The Labute approximate surface area is 115 Å². The fourth-order valence-corrected chi connectivity index (χ4v) is 3.16. The average Bonchev–Trinajstić information content (AvgIpc) is 2.64. The van der Waals surface area contributed by atoms with Crippen LogP contribution in [0, 0.1) is 0 Å². The predicted molar refractivity (Wildman–Crippen MR) is 74.5 cm³/mol. The van der Waals surface area contributed by atoms with E-state index in [0.717, 1.165) is 22.0 Å². The molecule has 2 aromatic rings. The number of nitrogens with zero attached hydrogens (tertiary/aromatic N) is 1. The quantitative estimate of drug-likeness (QED) is 0.891. The summed E-state index contributed by atoms with van der Waals surface area (Å²) in [6.45, 7) is 1.73. The lowest BCUT2D eigenvalue weighted by molar-refractivity contribution is 0.698. The van der Waals surface area contributed by atoms with E-state index in [1.165, 1.54) is 10.4 Å². The van der Waals surface area contributed by atoms with Crippen molar-refractivity contribution in [3.8, 4) is 0 Å². The Kier molecular flexibility index (Phi) is 4.52. The van der Waals surface area contributed by atoms with E-state index in [1.54, 1.807) is 17.5 Å². The number of halogens is 2. The molecular weight excluding hydrogens is 352 g/mol. The van der Waals surface area contributed by atoms with E-state index in [4.69, 9.17) is 0 Å². The van der Waals surface area contributed by atoms with E-state index in [0.29, 0.717) is 0 Å². The minimum absolute atomic E-state index is 0.835. The SMILES string of the molecule is Brc1cncc(CNCc2cc(Br)cs2)c1. The van der Waals surface area contributed by atoms with E-state index in [9.17, 15) is 0 Å². The van der Waals surface area contributed by atoms with Gasteiger partial charge in [0, 0.05) is 44.7 Å². The van der Waals surface area contributed by atoms with Gasteiger partial charge in [0.15, 0.2) is 0 Å². The highest BCUT2D eigenvalue weighted by atomic mass is 79.9. The van der Waals surface area contributed by atoms with Crippen LogP contribution in [0.4, 0.5) is 0 Å². The van der Waals surface area contributed by atoms with Gasteiger partial charge in [-0.1, -0.05) is 0 Å². The smallest absolute Gasteiger partial charge is 0.0410 e. The van der Waals surface area contributed by atoms with Crippen molar-refractivity contribution < 1.29 is 0 Å². The van der Waals surface area contributed by atoms with E-state index >= 15 is 0 Å². The second-order valence-electron chi connectivity index (χ2n) is 3.35. The molecule has 1 N–H and O–H groups in total. The van der Waals surface area contributed by atoms with Gasteiger partial charge in [-0.3, -0.25) is 4.98 Å². The van der Waals surface area contributed by atoms with Crippen LogP contribution in [0.1, 0.15) is 10.4 Å². The zero-order valence-electron chi connectivity index (χ0n) is 8.41. The second-order valence-corrected chi connectivity index (χ2v) is 6.17. The van der Waals surface area contributed by atoms with Gasteiger partial charge < -0.3 is 5.32 Å². The molecule has 0 fully saturated rings. The van der Waals surface area contributed by atoms with Gasteiger partial charge in [0.2, 0.25) is 0 Å². The summed E-state index contributed by atoms with van der Waals surface area (Å²) in [5.41, 5.74) is 1.19. The Morgan fingerprint density at radius 3 is 2.69 bits per heavy atom. The molecule has 2 rings (SSSR count). The van der Waals surface area contributed by atoms with Crippen LogP contribution in [0.2, 0.25) is 0 Å². The lowest BCUT2D eigenvalue weighted by Gasteiger charge is -2.03. The number of pyridine rings is 1. The maximum atomic E-state index is 4.12. The number of thiophene rings is 1. The van der Waals surface area contributed by atoms with Gasteiger partial charge in [-0.25, -0.2) is 0 Å². The monoisotopic (exact) mass is 360 g/mol. The van der Waals surface area contributed by atoms with Crippen LogP contribution in [-0.2, 0) is 13.1 Å². The van der Waals surface area contributed by atoms with E-state index < -0.39 is 0 Å². The van der Waals surface area contributed by atoms with E-state index in [2.05, 4.69) is 59.7 Å². The number of aromatic nitrogens is 1. The maximum Gasteiger partial charge on any atom is 0.0410 e. The van der Waals surface area contributed by atoms with Crippen molar-refractivity contribution in [1.29, 1.82) is 0 Å². The van der Waals surface area contributed by atoms with Crippen molar-refractivity contribution in [3.63, 3.8) is 0 Å². The summed E-state index contributed by atoms with van der Waals surface area (Å²) >= 11 is 8.61. The molecule has 0 unspecified atom stereocenters. The number of hydrogen-bond acceptors (Lipinski definition) is 3. The zero-order valence-corrected chi connectivity index (χ0v) is 12.4. The fourth-order valence-electron chi connectivity index (χ4n) is 1.33. The van der Waals surface area contributed by atoms with Gasteiger partial charge in [-0.15, -0.1) is 11.3 Å². The van der Waals surface area contributed by atoms with Crippen LogP contribution in [0.25, 0.3) is 0 Å². The molecule has 84 valence electrons. The highest BCUT2D eigenvalue weighted by Gasteiger charge is 1.98. The van der Waals surface area contributed by atoms with Crippen LogP contribution in [0.3, 0.4) is 0 Å². The minimum Gasteiger partial charge on any atom is -0.308 e. The standard InChI is InChI=1S/C11H10Br2N2S/c12-9-1-8(3-14-5-9)4-15-6-11-2-10(13)7-16-11/h1-3,5,7,15H,4,6H2. The summed E-state index contributed by atoms with van der Waals surface area (Å²) in [6, 6.07) is 4.21. The normalized spacial score (nSPS) is 10.6. The molecule has 0 bridgehead atoms. The average molecular weight is 362 g/mol. The molecule has 0 saturated heterocycles. The molecule has 0 saturated carbocycles. The summed E-state index contributed by atoms with van der Waals surface area (Å²) in [6.07, 6.45) is 3.67. The first-order chi connectivity index (χ1) is 7.74. The van der Waals surface area contributed by atoms with E-state index in [1.807, 2.05) is 6.20 Å². The second kappa shape index (κ2) is 5.91. The van der Waals surface area contributed by atoms with Crippen LogP contribution < -0.4 is 5.32 Å². The molecule has 0 aliphatic heterocycles. The Hall–Kier alpha value is -0.230. The summed E-state index contributed by atoms with van der Waals surface area (Å²) in [4.78, 5) is 5.45. The van der Waals surface area contributed by atoms with Gasteiger partial charge in [-0.2, -0.15) is 0 Å². The Morgan fingerprint density at radius 1 is 1.12 bits per heavy atom. The molecule has 0 aliphatic carbocycles. The largest absolute Gasteiger partial charge is 0.308 e. The fraction of sp³-hybridized carbons (Fsp3) is 0.182. The topological polar surface area (TPSA) is 24.9 Å². The van der Waals surface area contributed by atoms with Crippen molar-refractivity contribution in [2.75, 3.05) is 0 Å². The first-order valence-corrected chi connectivity index (χ1v) is 7.23. The molecule has 0 amide bonds. The third-order valence-electron chi connectivity index (χ3n) is 2.01. The lowest BCUT2D eigenvalue weighted by Crippen LogP contribution is -2.11. The third-order valence-corrected chi connectivity index (χ3v) is 4.14. The molecule has 0 aromatic carbocycles. The molecule has 0 radical (unpaired) electrons. The van der Waals surface area contributed by atoms with Crippen LogP contribution in [-0.4, -0.2) is 4.98 Å². The maximum absolute atomic E-state index is 4.12. The highest BCUT2D eigenvalue weighted by molar-refractivity contribution is 9.10. The number of rotatable bonds is 4. The first kappa shape index (κ1) is 12.2. The summed E-state index contributed by atoms with van der Waals surface area (Å²) in [5, 5.41) is 5.48.